The summed E-state index contributed by atoms with van der Waals surface area (Å²) >= 11 is 0. The Labute approximate surface area is 110 Å². The number of hydrogen-bond acceptors (Lipinski definition) is 3. The Bertz CT molecular complexity index is 311. The van der Waals surface area contributed by atoms with E-state index in [4.69, 9.17) is 0 Å². The van der Waals surface area contributed by atoms with Gasteiger partial charge in [0.1, 0.15) is 0 Å². The van der Waals surface area contributed by atoms with E-state index in [1.165, 1.54) is 38.8 Å². The Hall–Kier alpha value is -0.610. The van der Waals surface area contributed by atoms with Gasteiger partial charge in [0, 0.05) is 51.2 Å². The summed E-state index contributed by atoms with van der Waals surface area (Å²) in [5.41, 5.74) is 0. The number of nitrogens with zero attached hydrogens (tertiary/aromatic N) is 3. The molecule has 3 aliphatic heterocycles. The van der Waals surface area contributed by atoms with E-state index in [1.54, 1.807) is 6.92 Å². The maximum absolute atomic E-state index is 11.3. The summed E-state index contributed by atoms with van der Waals surface area (Å²) in [5, 5.41) is 0. The first-order valence-corrected chi connectivity index (χ1v) is 7.36. The predicted molar refractivity (Wildman–Crippen MR) is 71.4 cm³/mol. The molecule has 4 heteroatoms. The average molecular weight is 251 g/mol. The summed E-state index contributed by atoms with van der Waals surface area (Å²) in [4.78, 5) is 18.6. The minimum Gasteiger partial charge on any atom is -0.343 e. The minimum absolute atomic E-state index is 0.242. The molecule has 3 saturated heterocycles. The van der Waals surface area contributed by atoms with Crippen LogP contribution in [0.2, 0.25) is 0 Å². The van der Waals surface area contributed by atoms with E-state index in [0.717, 1.165) is 31.2 Å². The monoisotopic (exact) mass is 251 g/mol. The molecule has 0 radical (unpaired) electrons. The number of hydrogen-bond donors (Lipinski definition) is 0. The van der Waals surface area contributed by atoms with Gasteiger partial charge in [0.15, 0.2) is 0 Å². The zero-order chi connectivity index (χ0) is 12.7. The van der Waals surface area contributed by atoms with Crippen molar-refractivity contribution < 1.29 is 4.79 Å². The van der Waals surface area contributed by atoms with Gasteiger partial charge in [0.05, 0.1) is 0 Å². The van der Waals surface area contributed by atoms with Crippen LogP contribution in [0.15, 0.2) is 0 Å². The lowest BCUT2D eigenvalue weighted by molar-refractivity contribution is -0.130. The predicted octanol–water partition coefficient (Wildman–Crippen LogP) is 0.776. The van der Waals surface area contributed by atoms with Crippen molar-refractivity contribution in [1.82, 2.24) is 14.7 Å². The summed E-state index contributed by atoms with van der Waals surface area (Å²) < 4.78 is 0. The molecule has 1 amide bonds. The molecule has 0 spiro atoms. The van der Waals surface area contributed by atoms with Gasteiger partial charge in [-0.15, -0.1) is 0 Å². The van der Waals surface area contributed by atoms with Crippen LogP contribution in [0.5, 0.6) is 0 Å². The number of rotatable bonds is 1. The largest absolute Gasteiger partial charge is 0.343 e. The fourth-order valence-corrected chi connectivity index (χ4v) is 3.99. The Morgan fingerprint density at radius 3 is 2.00 bits per heavy atom. The molecule has 0 aliphatic carbocycles. The third-order valence-corrected chi connectivity index (χ3v) is 5.30. The van der Waals surface area contributed by atoms with Crippen LogP contribution in [0, 0.1) is 0 Å². The maximum atomic E-state index is 11.3. The van der Waals surface area contributed by atoms with Gasteiger partial charge in [-0.3, -0.25) is 14.6 Å². The van der Waals surface area contributed by atoms with Crippen LogP contribution in [-0.2, 0) is 4.79 Å². The zero-order valence-electron chi connectivity index (χ0n) is 11.6. The van der Waals surface area contributed by atoms with Gasteiger partial charge in [0.2, 0.25) is 5.91 Å². The number of piperidine rings is 1. The number of likely N-dealkylation sites (tertiary alicyclic amines) is 2. The molecule has 2 atom stereocenters. The maximum Gasteiger partial charge on any atom is 0.219 e. The summed E-state index contributed by atoms with van der Waals surface area (Å²) in [6.45, 7) is 6.11. The van der Waals surface area contributed by atoms with Crippen LogP contribution in [0.4, 0.5) is 0 Å². The average Bonchev–Trinajstić information content (AvgIpc) is 2.62. The normalized spacial score (nSPS) is 35.1. The van der Waals surface area contributed by atoms with Crippen molar-refractivity contribution >= 4 is 5.91 Å². The van der Waals surface area contributed by atoms with Crippen LogP contribution in [0.3, 0.4) is 0 Å². The summed E-state index contributed by atoms with van der Waals surface area (Å²) in [6.07, 6.45) is 5.10. The van der Waals surface area contributed by atoms with Gasteiger partial charge in [0.25, 0.3) is 0 Å². The van der Waals surface area contributed by atoms with Crippen molar-refractivity contribution in [3.63, 3.8) is 0 Å². The summed E-state index contributed by atoms with van der Waals surface area (Å²) in [5.74, 6) is 0.242. The van der Waals surface area contributed by atoms with Crippen molar-refractivity contribution in [3.05, 3.63) is 0 Å². The molecule has 18 heavy (non-hydrogen) atoms. The first-order chi connectivity index (χ1) is 8.65. The number of carbonyl (C=O) groups is 1. The third kappa shape index (κ3) is 2.16. The number of fused-ring (bicyclic) bond motifs is 2. The lowest BCUT2D eigenvalue weighted by Crippen LogP contribution is -2.57. The number of piperazine rings is 1. The van der Waals surface area contributed by atoms with Crippen LogP contribution in [-0.4, -0.2) is 72.0 Å². The lowest BCUT2D eigenvalue weighted by atomic mass is 10.0. The van der Waals surface area contributed by atoms with Crippen LogP contribution < -0.4 is 0 Å². The topological polar surface area (TPSA) is 26.8 Å². The van der Waals surface area contributed by atoms with Crippen molar-refractivity contribution in [1.29, 1.82) is 0 Å². The highest BCUT2D eigenvalue weighted by Gasteiger charge is 2.40. The van der Waals surface area contributed by atoms with Crippen molar-refractivity contribution in [2.24, 2.45) is 0 Å². The smallest absolute Gasteiger partial charge is 0.219 e. The van der Waals surface area contributed by atoms with E-state index in [9.17, 15) is 4.79 Å². The molecule has 0 aromatic heterocycles. The Morgan fingerprint density at radius 2 is 1.50 bits per heavy atom. The van der Waals surface area contributed by atoms with Gasteiger partial charge in [-0.25, -0.2) is 0 Å². The van der Waals surface area contributed by atoms with Crippen LogP contribution in [0.25, 0.3) is 0 Å². The highest BCUT2D eigenvalue weighted by Crippen LogP contribution is 2.31. The molecule has 3 fully saturated rings. The number of carbonyl (C=O) groups excluding carboxylic acids is 1. The third-order valence-electron chi connectivity index (χ3n) is 5.30. The van der Waals surface area contributed by atoms with E-state index in [1.807, 2.05) is 4.90 Å². The first kappa shape index (κ1) is 12.4. The second-order valence-electron chi connectivity index (χ2n) is 6.24. The molecular formula is C14H25N3O. The molecule has 3 heterocycles. The Morgan fingerprint density at radius 1 is 0.944 bits per heavy atom. The van der Waals surface area contributed by atoms with Gasteiger partial charge < -0.3 is 4.90 Å². The van der Waals surface area contributed by atoms with Crippen LogP contribution in [0.1, 0.15) is 32.6 Å². The Balaban J connectivity index is 1.56. The standard InChI is InChI=1S/C14H25N3O/c1-11(18)16-7-5-12(6-8-16)17-9-13-3-4-14(10-17)15(13)2/h12-14H,3-10H2,1-2H3. The zero-order valence-corrected chi connectivity index (χ0v) is 11.6. The highest BCUT2D eigenvalue weighted by molar-refractivity contribution is 5.73. The highest BCUT2D eigenvalue weighted by atomic mass is 16.2. The van der Waals surface area contributed by atoms with Gasteiger partial charge in [-0.2, -0.15) is 0 Å². The molecule has 4 nitrogen and oxygen atoms in total. The number of likely N-dealkylation sites (N-methyl/N-ethyl adjacent to an activating group) is 1. The Kier molecular flexibility index (Phi) is 3.32. The first-order valence-electron chi connectivity index (χ1n) is 7.36. The van der Waals surface area contributed by atoms with Crippen LogP contribution >= 0.6 is 0 Å². The molecule has 2 unspecified atom stereocenters. The quantitative estimate of drug-likeness (QED) is 0.689. The SMILES string of the molecule is CC(=O)N1CCC(N2CC3CCC(C2)N3C)CC1. The minimum atomic E-state index is 0.242. The molecule has 2 bridgehead atoms. The lowest BCUT2D eigenvalue weighted by Gasteiger charge is -2.45. The van der Waals surface area contributed by atoms with E-state index in [-0.39, 0.29) is 5.91 Å². The van der Waals surface area contributed by atoms with Gasteiger partial charge >= 0.3 is 0 Å². The van der Waals surface area contributed by atoms with E-state index >= 15 is 0 Å². The summed E-state index contributed by atoms with van der Waals surface area (Å²) in [6, 6.07) is 2.29. The molecule has 0 N–H and O–H groups in total. The molecule has 102 valence electrons. The second-order valence-corrected chi connectivity index (χ2v) is 6.24. The fourth-order valence-electron chi connectivity index (χ4n) is 3.99. The molecule has 0 aromatic carbocycles. The van der Waals surface area contributed by atoms with Crippen molar-refractivity contribution in [2.45, 2.75) is 50.7 Å². The molecule has 0 saturated carbocycles. The van der Waals surface area contributed by atoms with E-state index < -0.39 is 0 Å². The molecular weight excluding hydrogens is 226 g/mol. The fraction of sp³-hybridized carbons (Fsp3) is 0.929. The van der Waals surface area contributed by atoms with Crippen molar-refractivity contribution in [2.75, 3.05) is 33.2 Å². The van der Waals surface area contributed by atoms with E-state index in [2.05, 4.69) is 16.8 Å². The summed E-state index contributed by atoms with van der Waals surface area (Å²) in [7, 11) is 2.29. The molecule has 3 rings (SSSR count). The van der Waals surface area contributed by atoms with Gasteiger partial charge in [-0.05, 0) is 32.7 Å². The second kappa shape index (κ2) is 4.82. The molecule has 0 aromatic rings. The van der Waals surface area contributed by atoms with Gasteiger partial charge in [-0.1, -0.05) is 0 Å². The number of amides is 1. The van der Waals surface area contributed by atoms with Crippen molar-refractivity contribution in [3.8, 4) is 0 Å². The molecule has 3 aliphatic rings. The van der Waals surface area contributed by atoms with E-state index in [0.29, 0.717) is 0 Å².